The number of ether oxygens (including phenoxy) is 3. The molecule has 1 saturated carbocycles. The molecule has 240 valence electrons. The summed E-state index contributed by atoms with van der Waals surface area (Å²) in [5.41, 5.74) is 0.952. The molecule has 2 unspecified atom stereocenters. The van der Waals surface area contributed by atoms with Crippen molar-refractivity contribution in [3.63, 3.8) is 0 Å². The van der Waals surface area contributed by atoms with E-state index in [1.54, 1.807) is 30.5 Å². The molecule has 1 saturated heterocycles. The second-order valence-electron chi connectivity index (χ2n) is 10.9. The molecule has 0 amide bonds. The van der Waals surface area contributed by atoms with Crippen LogP contribution in [-0.4, -0.2) is 66.7 Å². The highest BCUT2D eigenvalue weighted by Crippen LogP contribution is 2.40. The highest BCUT2D eigenvalue weighted by Gasteiger charge is 2.49. The van der Waals surface area contributed by atoms with Gasteiger partial charge in [-0.15, -0.1) is 23.5 Å². The molecule has 0 spiro atoms. The van der Waals surface area contributed by atoms with Gasteiger partial charge in [-0.05, 0) is 55.2 Å². The van der Waals surface area contributed by atoms with Crippen LogP contribution in [0.5, 0.6) is 11.5 Å². The lowest BCUT2D eigenvalue weighted by Gasteiger charge is -2.30. The van der Waals surface area contributed by atoms with E-state index in [2.05, 4.69) is 4.74 Å². The van der Waals surface area contributed by atoms with Crippen LogP contribution in [0.25, 0.3) is 0 Å². The standard InChI is InChI=1S/C28H30Cl2F2N2O7S3/c1-28(6-8-42-16-28)44(37,38)34-7-9-43-25(34)26(35)40-15-19(10-20-21(29)12-33(36)13-22(20)30)18-4-5-23(41-27(31)32)24(11-18)39-14-17-2-3-17/h4-6,8,11-13,17,19,25,27H,2-3,7,9-10,14-16H2,1H3/t19-,25?,28?/m1/s1. The summed E-state index contributed by atoms with van der Waals surface area (Å²) in [5.74, 6) is -0.300. The zero-order chi connectivity index (χ0) is 31.6. The first-order chi connectivity index (χ1) is 20.9. The molecular formula is C28H30Cl2F2N2O7S3. The quantitative estimate of drug-likeness (QED) is 0.149. The number of hydrogen-bond acceptors (Lipinski definition) is 9. The van der Waals surface area contributed by atoms with Gasteiger partial charge in [0.25, 0.3) is 0 Å². The number of carbonyl (C=O) groups is 1. The summed E-state index contributed by atoms with van der Waals surface area (Å²) in [4.78, 5) is 13.4. The van der Waals surface area contributed by atoms with Crippen molar-refractivity contribution >= 4 is 62.7 Å². The Morgan fingerprint density at radius 3 is 2.59 bits per heavy atom. The Bertz CT molecular complexity index is 1510. The van der Waals surface area contributed by atoms with Crippen molar-refractivity contribution in [1.29, 1.82) is 0 Å². The first-order valence-corrected chi connectivity index (χ1v) is 18.0. The Hall–Kier alpha value is -1.97. The zero-order valence-electron chi connectivity index (χ0n) is 23.5. The number of alkyl halides is 2. The number of hydrogen-bond donors (Lipinski definition) is 0. The molecule has 9 nitrogen and oxygen atoms in total. The van der Waals surface area contributed by atoms with Gasteiger partial charge in [-0.2, -0.15) is 17.8 Å². The van der Waals surface area contributed by atoms with Crippen molar-refractivity contribution < 1.29 is 40.9 Å². The Morgan fingerprint density at radius 2 is 1.95 bits per heavy atom. The van der Waals surface area contributed by atoms with Crippen molar-refractivity contribution in [3.05, 3.63) is 68.5 Å². The van der Waals surface area contributed by atoms with Crippen molar-refractivity contribution in [3.8, 4) is 11.5 Å². The SMILES string of the molecule is CC1(S(=O)(=O)N2CCSC2C(=O)OC[C@@H](Cc2c(Cl)c[n+]([O-])cc2Cl)c2ccc(OC(F)F)c(OCC3CC3)c2)C=CSC1. The van der Waals surface area contributed by atoms with Crippen LogP contribution in [0.3, 0.4) is 0 Å². The fraction of sp³-hybridized carbons (Fsp3) is 0.500. The van der Waals surface area contributed by atoms with Gasteiger partial charge in [0.2, 0.25) is 10.0 Å². The summed E-state index contributed by atoms with van der Waals surface area (Å²) in [6.45, 7) is -1.17. The van der Waals surface area contributed by atoms with Crippen LogP contribution in [-0.2, 0) is 26.0 Å². The van der Waals surface area contributed by atoms with Crippen LogP contribution in [0.4, 0.5) is 8.78 Å². The van der Waals surface area contributed by atoms with E-state index >= 15 is 0 Å². The number of halogens is 4. The van der Waals surface area contributed by atoms with E-state index in [1.165, 1.54) is 33.9 Å². The first-order valence-electron chi connectivity index (χ1n) is 13.7. The second-order valence-corrected chi connectivity index (χ2v) is 16.2. The van der Waals surface area contributed by atoms with Gasteiger partial charge in [0.15, 0.2) is 29.3 Å². The molecule has 1 aromatic heterocycles. The van der Waals surface area contributed by atoms with Crippen molar-refractivity contribution in [2.75, 3.05) is 31.3 Å². The molecule has 1 aromatic carbocycles. The van der Waals surface area contributed by atoms with Crippen molar-refractivity contribution in [1.82, 2.24) is 4.31 Å². The third kappa shape index (κ3) is 7.52. The van der Waals surface area contributed by atoms with E-state index in [1.807, 2.05) is 0 Å². The Labute approximate surface area is 272 Å². The molecular weight excluding hydrogens is 681 g/mol. The third-order valence-electron chi connectivity index (χ3n) is 7.60. The maximum atomic E-state index is 13.5. The third-order valence-corrected chi connectivity index (χ3v) is 13.3. The Morgan fingerprint density at radius 1 is 1.23 bits per heavy atom. The number of rotatable bonds is 13. The lowest BCUT2D eigenvalue weighted by molar-refractivity contribution is -0.605. The van der Waals surface area contributed by atoms with E-state index < -0.39 is 38.6 Å². The van der Waals surface area contributed by atoms with Gasteiger partial charge in [-0.25, -0.2) is 13.2 Å². The summed E-state index contributed by atoms with van der Waals surface area (Å²) in [5, 5.41) is 12.7. The molecule has 3 atom stereocenters. The predicted octanol–water partition coefficient (Wildman–Crippen LogP) is 5.61. The summed E-state index contributed by atoms with van der Waals surface area (Å²) in [7, 11) is -3.87. The molecule has 2 aromatic rings. The number of carbonyl (C=O) groups excluding carboxylic acids is 1. The molecule has 3 aliphatic rings. The molecule has 44 heavy (non-hydrogen) atoms. The van der Waals surface area contributed by atoms with E-state index in [9.17, 15) is 27.2 Å². The van der Waals surface area contributed by atoms with E-state index in [4.69, 9.17) is 32.7 Å². The number of thioether (sulfide) groups is 2. The minimum absolute atomic E-state index is 0.0889. The summed E-state index contributed by atoms with van der Waals surface area (Å²) in [6.07, 6.45) is 5.98. The highest BCUT2D eigenvalue weighted by molar-refractivity contribution is 8.04. The highest BCUT2D eigenvalue weighted by atomic mass is 35.5. The van der Waals surface area contributed by atoms with Gasteiger partial charge in [0.1, 0.15) is 14.8 Å². The van der Waals surface area contributed by atoms with Crippen LogP contribution >= 0.6 is 46.7 Å². The number of nitrogens with zero attached hydrogens (tertiary/aromatic N) is 2. The number of pyridine rings is 1. The smallest absolute Gasteiger partial charge is 0.387 e. The lowest BCUT2D eigenvalue weighted by Crippen LogP contribution is -2.50. The second kappa shape index (κ2) is 13.8. The van der Waals surface area contributed by atoms with E-state index in [0.717, 1.165) is 25.2 Å². The molecule has 16 heteroatoms. The average Bonchev–Trinajstić information content (AvgIpc) is 3.43. The molecule has 0 radical (unpaired) electrons. The van der Waals surface area contributed by atoms with Crippen LogP contribution in [0.15, 0.2) is 42.1 Å². The number of sulfonamides is 1. The topological polar surface area (TPSA) is 109 Å². The van der Waals surface area contributed by atoms with E-state index in [0.29, 0.717) is 39.9 Å². The molecule has 0 N–H and O–H groups in total. The largest absolute Gasteiger partial charge is 0.619 e. The van der Waals surface area contributed by atoms with E-state index in [-0.39, 0.29) is 41.1 Å². The summed E-state index contributed by atoms with van der Waals surface area (Å²) in [6, 6.07) is 4.45. The molecule has 3 heterocycles. The van der Waals surface area contributed by atoms with Gasteiger partial charge in [0, 0.05) is 29.5 Å². The summed E-state index contributed by atoms with van der Waals surface area (Å²) < 4.78 is 70.1. The first kappa shape index (κ1) is 33.4. The Kier molecular flexibility index (Phi) is 10.5. The minimum atomic E-state index is -3.87. The van der Waals surface area contributed by atoms with Gasteiger partial charge in [-0.3, -0.25) is 0 Å². The molecule has 1 aliphatic carbocycles. The molecule has 2 aliphatic heterocycles. The Balaban J connectivity index is 1.40. The normalized spacial score (nSPS) is 22.8. The lowest BCUT2D eigenvalue weighted by atomic mass is 9.92. The number of esters is 1. The minimum Gasteiger partial charge on any atom is -0.619 e. The van der Waals surface area contributed by atoms with Crippen LogP contribution in [0, 0.1) is 11.1 Å². The fourth-order valence-electron chi connectivity index (χ4n) is 4.84. The van der Waals surface area contributed by atoms with Gasteiger partial charge < -0.3 is 19.4 Å². The summed E-state index contributed by atoms with van der Waals surface area (Å²) >= 11 is 15.3. The zero-order valence-corrected chi connectivity index (χ0v) is 27.5. The fourth-order valence-corrected chi connectivity index (χ4v) is 10.3. The van der Waals surface area contributed by atoms with Gasteiger partial charge in [0.05, 0.1) is 13.2 Å². The number of benzene rings is 1. The molecule has 5 rings (SSSR count). The maximum absolute atomic E-state index is 13.5. The van der Waals surface area contributed by atoms with Crippen LogP contribution in [0.2, 0.25) is 10.0 Å². The average molecular weight is 712 g/mol. The molecule has 2 fully saturated rings. The number of aromatic nitrogens is 1. The van der Waals surface area contributed by atoms with Crippen LogP contribution in [0.1, 0.15) is 36.8 Å². The monoisotopic (exact) mass is 710 g/mol. The van der Waals surface area contributed by atoms with Gasteiger partial charge in [-0.1, -0.05) is 35.3 Å². The maximum Gasteiger partial charge on any atom is 0.387 e. The van der Waals surface area contributed by atoms with Gasteiger partial charge >= 0.3 is 12.6 Å². The van der Waals surface area contributed by atoms with Crippen LogP contribution < -0.4 is 14.2 Å². The van der Waals surface area contributed by atoms with Crippen molar-refractivity contribution in [2.24, 2.45) is 5.92 Å². The van der Waals surface area contributed by atoms with Crippen molar-refractivity contribution in [2.45, 2.75) is 48.8 Å². The molecule has 0 bridgehead atoms. The predicted molar refractivity (Wildman–Crippen MR) is 166 cm³/mol.